The molecule has 18 heavy (non-hydrogen) atoms. The fourth-order valence-corrected chi connectivity index (χ4v) is 2.59. The lowest BCUT2D eigenvalue weighted by molar-refractivity contribution is 0.0891. The van der Waals surface area contributed by atoms with Gasteiger partial charge in [-0.05, 0) is 51.9 Å². The zero-order chi connectivity index (χ0) is 12.3. The number of ketones is 1. The molecule has 0 saturated carbocycles. The number of benzene rings is 1. The van der Waals surface area contributed by atoms with Crippen molar-refractivity contribution in [3.63, 3.8) is 0 Å². The molecule has 0 spiro atoms. The van der Waals surface area contributed by atoms with Crippen LogP contribution in [0.4, 0.5) is 0 Å². The Kier molecular flexibility index (Phi) is 6.03. The Balaban J connectivity index is 0.00000162. The summed E-state index contributed by atoms with van der Waals surface area (Å²) in [5.74, 6) is 0.621. The smallest absolute Gasteiger partial charge is 0.166 e. The molecule has 0 bridgehead atoms. The maximum absolute atomic E-state index is 12.3. The highest BCUT2D eigenvalue weighted by Gasteiger charge is 2.26. The van der Waals surface area contributed by atoms with E-state index in [1.54, 1.807) is 0 Å². The van der Waals surface area contributed by atoms with Crippen molar-refractivity contribution in [3.8, 4) is 0 Å². The monoisotopic (exact) mass is 311 g/mol. The number of halogens is 1. The number of carbonyl (C=O) groups is 1. The molecular formula is C15H22BrNO. The number of hydrogen-bond donors (Lipinski definition) is 0. The summed E-state index contributed by atoms with van der Waals surface area (Å²) in [5.41, 5.74) is 2.20. The van der Waals surface area contributed by atoms with Crippen LogP contribution in [-0.2, 0) is 6.42 Å². The minimum absolute atomic E-state index is 0. The highest BCUT2D eigenvalue weighted by Crippen LogP contribution is 2.28. The predicted octanol–water partition coefficient (Wildman–Crippen LogP) is 3.35. The van der Waals surface area contributed by atoms with Crippen LogP contribution in [0.1, 0.15) is 35.2 Å². The first-order chi connectivity index (χ1) is 8.18. The first kappa shape index (κ1) is 15.4. The van der Waals surface area contributed by atoms with Gasteiger partial charge in [-0.1, -0.05) is 24.3 Å². The molecule has 3 heteroatoms. The summed E-state index contributed by atoms with van der Waals surface area (Å²) in [4.78, 5) is 14.5. The summed E-state index contributed by atoms with van der Waals surface area (Å²) in [5, 5.41) is 0. The van der Waals surface area contributed by atoms with E-state index in [9.17, 15) is 4.79 Å². The number of nitrogens with zero attached hydrogens (tertiary/aromatic N) is 1. The van der Waals surface area contributed by atoms with Crippen LogP contribution < -0.4 is 0 Å². The largest absolute Gasteiger partial charge is 0.309 e. The van der Waals surface area contributed by atoms with E-state index in [-0.39, 0.29) is 22.9 Å². The van der Waals surface area contributed by atoms with Crippen LogP contribution >= 0.6 is 17.0 Å². The third-order valence-corrected chi connectivity index (χ3v) is 3.57. The molecule has 1 aromatic carbocycles. The maximum Gasteiger partial charge on any atom is 0.166 e. The van der Waals surface area contributed by atoms with Gasteiger partial charge in [0, 0.05) is 11.5 Å². The van der Waals surface area contributed by atoms with Crippen LogP contribution in [0.25, 0.3) is 0 Å². The fourth-order valence-electron chi connectivity index (χ4n) is 2.59. The molecule has 1 aliphatic rings. The Morgan fingerprint density at radius 1 is 1.28 bits per heavy atom. The van der Waals surface area contributed by atoms with Gasteiger partial charge in [0.05, 0.1) is 0 Å². The highest BCUT2D eigenvalue weighted by atomic mass is 79.9. The van der Waals surface area contributed by atoms with Crippen molar-refractivity contribution in [1.29, 1.82) is 0 Å². The van der Waals surface area contributed by atoms with Crippen molar-refractivity contribution >= 4 is 22.8 Å². The quantitative estimate of drug-likeness (QED) is 0.850. The van der Waals surface area contributed by atoms with Crippen LogP contribution in [0.15, 0.2) is 24.3 Å². The molecule has 0 aromatic heterocycles. The van der Waals surface area contributed by atoms with Crippen molar-refractivity contribution in [2.75, 3.05) is 20.6 Å². The number of hydrogen-bond acceptors (Lipinski definition) is 2. The lowest BCUT2D eigenvalue weighted by atomic mass is 9.80. The second-order valence-electron chi connectivity index (χ2n) is 5.20. The number of Topliss-reactive ketones (excluding diaryl/α,β-unsaturated/α-hetero) is 1. The zero-order valence-electron chi connectivity index (χ0n) is 11.2. The van der Waals surface area contributed by atoms with E-state index in [2.05, 4.69) is 25.1 Å². The molecule has 1 atom stereocenters. The predicted molar refractivity (Wildman–Crippen MR) is 80.7 cm³/mol. The first-order valence-corrected chi connectivity index (χ1v) is 6.45. The molecule has 0 N–H and O–H groups in total. The molecule has 0 amide bonds. The van der Waals surface area contributed by atoms with E-state index in [4.69, 9.17) is 0 Å². The summed E-state index contributed by atoms with van der Waals surface area (Å²) in [6, 6.07) is 8.07. The molecule has 0 saturated heterocycles. The van der Waals surface area contributed by atoms with Gasteiger partial charge in [-0.2, -0.15) is 0 Å². The van der Waals surface area contributed by atoms with Crippen LogP contribution in [0, 0.1) is 5.92 Å². The normalized spacial score (nSPS) is 18.4. The summed E-state index contributed by atoms with van der Waals surface area (Å²) in [7, 11) is 4.16. The molecular weight excluding hydrogens is 290 g/mol. The van der Waals surface area contributed by atoms with Crippen molar-refractivity contribution in [1.82, 2.24) is 4.90 Å². The van der Waals surface area contributed by atoms with Gasteiger partial charge in [0.2, 0.25) is 0 Å². The third kappa shape index (κ3) is 3.66. The van der Waals surface area contributed by atoms with Gasteiger partial charge in [0.15, 0.2) is 5.78 Å². The molecule has 0 radical (unpaired) electrons. The summed E-state index contributed by atoms with van der Waals surface area (Å²) < 4.78 is 0. The Morgan fingerprint density at radius 3 is 2.72 bits per heavy atom. The van der Waals surface area contributed by atoms with E-state index in [1.807, 2.05) is 18.2 Å². The average molecular weight is 312 g/mol. The van der Waals surface area contributed by atoms with Gasteiger partial charge in [0.25, 0.3) is 0 Å². The Hall–Kier alpha value is -0.670. The van der Waals surface area contributed by atoms with Gasteiger partial charge in [-0.15, -0.1) is 17.0 Å². The Labute approximate surface area is 120 Å². The van der Waals surface area contributed by atoms with E-state index in [0.29, 0.717) is 5.78 Å². The van der Waals surface area contributed by atoms with Crippen LogP contribution in [0.2, 0.25) is 0 Å². The minimum Gasteiger partial charge on any atom is -0.309 e. The van der Waals surface area contributed by atoms with Gasteiger partial charge < -0.3 is 4.90 Å². The van der Waals surface area contributed by atoms with Gasteiger partial charge in [-0.25, -0.2) is 0 Å². The summed E-state index contributed by atoms with van der Waals surface area (Å²) in [6.07, 6.45) is 4.24. The van der Waals surface area contributed by atoms with Gasteiger partial charge in [-0.3, -0.25) is 4.79 Å². The number of carbonyl (C=O) groups excluding carboxylic acids is 1. The molecule has 100 valence electrons. The van der Waals surface area contributed by atoms with Crippen molar-refractivity contribution in [3.05, 3.63) is 35.4 Å². The zero-order valence-corrected chi connectivity index (χ0v) is 12.9. The number of aryl methyl sites for hydroxylation is 1. The van der Waals surface area contributed by atoms with Crippen LogP contribution in [-0.4, -0.2) is 31.3 Å². The maximum atomic E-state index is 12.3. The van der Waals surface area contributed by atoms with E-state index < -0.39 is 0 Å². The molecule has 1 unspecified atom stereocenters. The van der Waals surface area contributed by atoms with Gasteiger partial charge >= 0.3 is 0 Å². The molecule has 1 aromatic rings. The fraction of sp³-hybridized carbons (Fsp3) is 0.533. The molecule has 0 fully saturated rings. The van der Waals surface area contributed by atoms with E-state index in [0.717, 1.165) is 37.8 Å². The molecule has 0 aliphatic heterocycles. The molecule has 1 aliphatic carbocycles. The lowest BCUT2D eigenvalue weighted by Gasteiger charge is -2.23. The van der Waals surface area contributed by atoms with Gasteiger partial charge in [0.1, 0.15) is 0 Å². The summed E-state index contributed by atoms with van der Waals surface area (Å²) >= 11 is 0. The summed E-state index contributed by atoms with van der Waals surface area (Å²) in [6.45, 7) is 1.07. The Bertz CT molecular complexity index is 403. The highest BCUT2D eigenvalue weighted by molar-refractivity contribution is 8.93. The third-order valence-electron chi connectivity index (χ3n) is 3.57. The van der Waals surface area contributed by atoms with E-state index in [1.165, 1.54) is 5.56 Å². The van der Waals surface area contributed by atoms with Crippen molar-refractivity contribution < 1.29 is 4.79 Å². The van der Waals surface area contributed by atoms with Crippen LogP contribution in [0.5, 0.6) is 0 Å². The standard InChI is InChI=1S/C15H21NO.BrH/c1-16(2)11-5-7-13-10-9-12-6-3-4-8-14(12)15(13)17;/h3-4,6,8,13H,5,7,9-11H2,1-2H3;1H. The topological polar surface area (TPSA) is 20.3 Å². The SMILES string of the molecule is Br.CN(C)CCCC1CCc2ccccc2C1=O. The Morgan fingerprint density at radius 2 is 2.00 bits per heavy atom. The number of rotatable bonds is 4. The van der Waals surface area contributed by atoms with Crippen LogP contribution in [0.3, 0.4) is 0 Å². The van der Waals surface area contributed by atoms with Crippen molar-refractivity contribution in [2.24, 2.45) is 5.92 Å². The lowest BCUT2D eigenvalue weighted by Crippen LogP contribution is -2.24. The second-order valence-corrected chi connectivity index (χ2v) is 5.20. The minimum atomic E-state index is 0. The second kappa shape index (κ2) is 7.05. The van der Waals surface area contributed by atoms with Crippen molar-refractivity contribution in [2.45, 2.75) is 25.7 Å². The molecule has 2 nitrogen and oxygen atoms in total. The van der Waals surface area contributed by atoms with E-state index >= 15 is 0 Å². The first-order valence-electron chi connectivity index (χ1n) is 6.45. The molecule has 0 heterocycles. The number of fused-ring (bicyclic) bond motifs is 1. The average Bonchev–Trinajstić information content (AvgIpc) is 2.32. The molecule has 2 rings (SSSR count).